The van der Waals surface area contributed by atoms with Crippen LogP contribution in [0.1, 0.15) is 31.8 Å². The fraction of sp³-hybridized carbons (Fsp3) is 0.0833. The highest BCUT2D eigenvalue weighted by molar-refractivity contribution is 9.10. The molecule has 8 nitrogen and oxygen atoms in total. The molecule has 0 aliphatic rings. The summed E-state index contributed by atoms with van der Waals surface area (Å²) in [6.45, 7) is 1.89. The number of ether oxygens (including phenoxy) is 1. The second kappa shape index (κ2) is 9.25. The number of imidazole rings is 1. The number of nitrogens with one attached hydrogen (secondary N) is 3. The number of ketones is 1. The number of anilines is 2. The number of H-pyrrole nitrogens is 1. The third-order valence-corrected chi connectivity index (χ3v) is 5.51. The Labute approximate surface area is 197 Å². The van der Waals surface area contributed by atoms with Crippen molar-refractivity contribution < 1.29 is 19.1 Å². The molecule has 1 aromatic heterocycles. The van der Waals surface area contributed by atoms with Gasteiger partial charge in [-0.3, -0.25) is 14.9 Å². The van der Waals surface area contributed by atoms with Gasteiger partial charge in [-0.15, -0.1) is 0 Å². The molecule has 4 rings (SSSR count). The molecule has 0 atom stereocenters. The largest absolute Gasteiger partial charge is 0.453 e. The first kappa shape index (κ1) is 22.2. The van der Waals surface area contributed by atoms with E-state index in [-0.39, 0.29) is 28.8 Å². The van der Waals surface area contributed by atoms with Gasteiger partial charge in [0.15, 0.2) is 5.78 Å². The van der Waals surface area contributed by atoms with Crippen molar-refractivity contribution in [3.8, 4) is 0 Å². The van der Waals surface area contributed by atoms with Gasteiger partial charge in [0, 0.05) is 21.3 Å². The standard InChI is InChI=1S/C24H19BrN4O4/c1-13-7-9-15(25)12-19(13)26-22(31)17-6-4-3-5-16(17)21(30)14-8-10-18-20(11-14)28-23(27-18)29-24(32)33-2/h3-12H,1-2H3,(H,26,31)(H2,27,28,29,32). The van der Waals surface area contributed by atoms with Crippen molar-refractivity contribution in [2.45, 2.75) is 6.92 Å². The average Bonchev–Trinajstić information content (AvgIpc) is 3.22. The first-order valence-corrected chi connectivity index (χ1v) is 10.7. The zero-order valence-corrected chi connectivity index (χ0v) is 19.3. The second-order valence-electron chi connectivity index (χ2n) is 7.22. The number of amides is 2. The number of benzene rings is 3. The number of fused-ring (bicyclic) bond motifs is 1. The Morgan fingerprint density at radius 3 is 2.48 bits per heavy atom. The van der Waals surface area contributed by atoms with Gasteiger partial charge in [-0.25, -0.2) is 9.78 Å². The van der Waals surface area contributed by atoms with Gasteiger partial charge in [-0.1, -0.05) is 40.2 Å². The van der Waals surface area contributed by atoms with Crippen LogP contribution in [0.3, 0.4) is 0 Å². The lowest BCUT2D eigenvalue weighted by atomic mass is 9.97. The Hall–Kier alpha value is -3.98. The Kier molecular flexibility index (Phi) is 6.23. The van der Waals surface area contributed by atoms with Gasteiger partial charge in [-0.2, -0.15) is 0 Å². The van der Waals surface area contributed by atoms with E-state index in [9.17, 15) is 14.4 Å². The van der Waals surface area contributed by atoms with Crippen LogP contribution in [0.5, 0.6) is 0 Å². The maximum Gasteiger partial charge on any atom is 0.413 e. The van der Waals surface area contributed by atoms with Gasteiger partial charge in [0.2, 0.25) is 5.95 Å². The molecule has 0 radical (unpaired) electrons. The molecule has 0 saturated carbocycles. The lowest BCUT2D eigenvalue weighted by Crippen LogP contribution is -2.17. The minimum absolute atomic E-state index is 0.200. The molecule has 9 heteroatoms. The molecule has 0 saturated heterocycles. The number of aromatic amines is 1. The molecule has 3 N–H and O–H groups in total. The van der Waals surface area contributed by atoms with Crippen molar-refractivity contribution in [2.24, 2.45) is 0 Å². The lowest BCUT2D eigenvalue weighted by Gasteiger charge is -2.12. The van der Waals surface area contributed by atoms with E-state index in [1.54, 1.807) is 42.5 Å². The third-order valence-electron chi connectivity index (χ3n) is 5.01. The zero-order valence-electron chi connectivity index (χ0n) is 17.7. The SMILES string of the molecule is COC(=O)Nc1nc2ccc(C(=O)c3ccccc3C(=O)Nc3cc(Br)ccc3C)cc2[nH]1. The van der Waals surface area contributed by atoms with Crippen molar-refractivity contribution in [3.63, 3.8) is 0 Å². The molecule has 0 bridgehead atoms. The molecule has 2 amide bonds. The summed E-state index contributed by atoms with van der Waals surface area (Å²) in [6.07, 6.45) is -0.661. The third kappa shape index (κ3) is 4.78. The molecular formula is C24H19BrN4O4. The first-order valence-electron chi connectivity index (χ1n) is 9.91. The van der Waals surface area contributed by atoms with E-state index in [0.29, 0.717) is 22.3 Å². The van der Waals surface area contributed by atoms with Gasteiger partial charge < -0.3 is 15.0 Å². The van der Waals surface area contributed by atoms with Crippen LogP contribution in [0.2, 0.25) is 0 Å². The average molecular weight is 507 g/mol. The monoisotopic (exact) mass is 506 g/mol. The van der Waals surface area contributed by atoms with Crippen LogP contribution in [-0.2, 0) is 4.74 Å². The molecule has 0 fully saturated rings. The molecule has 1 heterocycles. The Bertz CT molecular complexity index is 1400. The summed E-state index contributed by atoms with van der Waals surface area (Å²) in [5.41, 5.74) is 3.58. The van der Waals surface area contributed by atoms with Crippen molar-refractivity contribution >= 4 is 56.4 Å². The molecule has 166 valence electrons. The van der Waals surface area contributed by atoms with Crippen LogP contribution < -0.4 is 10.6 Å². The van der Waals surface area contributed by atoms with E-state index < -0.39 is 6.09 Å². The Morgan fingerprint density at radius 2 is 1.73 bits per heavy atom. The maximum absolute atomic E-state index is 13.3. The van der Waals surface area contributed by atoms with Crippen LogP contribution in [0.15, 0.2) is 65.1 Å². The minimum Gasteiger partial charge on any atom is -0.453 e. The van der Waals surface area contributed by atoms with Crippen LogP contribution >= 0.6 is 15.9 Å². The van der Waals surface area contributed by atoms with Crippen molar-refractivity contribution in [1.29, 1.82) is 0 Å². The maximum atomic E-state index is 13.3. The second-order valence-corrected chi connectivity index (χ2v) is 8.14. The summed E-state index contributed by atoms with van der Waals surface area (Å²) in [5.74, 6) is -0.497. The summed E-state index contributed by atoms with van der Waals surface area (Å²) in [7, 11) is 1.25. The van der Waals surface area contributed by atoms with Gasteiger partial charge >= 0.3 is 6.09 Å². The smallest absolute Gasteiger partial charge is 0.413 e. The number of carbonyl (C=O) groups excluding carboxylic acids is 3. The quantitative estimate of drug-likeness (QED) is 0.318. The number of methoxy groups -OCH3 is 1. The van der Waals surface area contributed by atoms with E-state index >= 15 is 0 Å². The summed E-state index contributed by atoms with van der Waals surface area (Å²) < 4.78 is 5.39. The zero-order chi connectivity index (χ0) is 23.5. The van der Waals surface area contributed by atoms with E-state index in [1.165, 1.54) is 7.11 Å². The number of aromatic nitrogens is 2. The minimum atomic E-state index is -0.661. The highest BCUT2D eigenvalue weighted by Gasteiger charge is 2.19. The molecule has 0 unspecified atom stereocenters. The number of nitrogens with zero attached hydrogens (tertiary/aromatic N) is 1. The van der Waals surface area contributed by atoms with E-state index in [4.69, 9.17) is 0 Å². The number of hydrogen-bond donors (Lipinski definition) is 3. The lowest BCUT2D eigenvalue weighted by molar-refractivity contribution is 0.0996. The number of aryl methyl sites for hydroxylation is 1. The summed E-state index contributed by atoms with van der Waals surface area (Å²) in [5, 5.41) is 5.33. The van der Waals surface area contributed by atoms with Gasteiger partial charge in [0.1, 0.15) is 0 Å². The van der Waals surface area contributed by atoms with E-state index in [2.05, 4.69) is 41.3 Å². The topological polar surface area (TPSA) is 113 Å². The Balaban J connectivity index is 1.64. The van der Waals surface area contributed by atoms with Gasteiger partial charge in [0.25, 0.3) is 5.91 Å². The fourth-order valence-electron chi connectivity index (χ4n) is 3.31. The number of hydrogen-bond acceptors (Lipinski definition) is 5. The Morgan fingerprint density at radius 1 is 0.970 bits per heavy atom. The molecule has 0 aliphatic heterocycles. The van der Waals surface area contributed by atoms with Gasteiger partial charge in [0.05, 0.1) is 23.7 Å². The van der Waals surface area contributed by atoms with Crippen molar-refractivity contribution in [1.82, 2.24) is 9.97 Å². The molecule has 33 heavy (non-hydrogen) atoms. The van der Waals surface area contributed by atoms with Crippen LogP contribution in [0, 0.1) is 6.92 Å². The fourth-order valence-corrected chi connectivity index (χ4v) is 3.67. The predicted octanol–water partition coefficient (Wildman–Crippen LogP) is 5.30. The molecular weight excluding hydrogens is 488 g/mol. The van der Waals surface area contributed by atoms with Crippen molar-refractivity contribution in [3.05, 3.63) is 87.4 Å². The van der Waals surface area contributed by atoms with Crippen molar-refractivity contribution in [2.75, 3.05) is 17.7 Å². The molecule has 3 aromatic carbocycles. The number of halogens is 1. The molecule has 0 aliphatic carbocycles. The van der Waals surface area contributed by atoms with Crippen LogP contribution in [0.25, 0.3) is 11.0 Å². The molecule has 4 aromatic rings. The normalized spacial score (nSPS) is 10.6. The van der Waals surface area contributed by atoms with Gasteiger partial charge in [-0.05, 0) is 48.9 Å². The van der Waals surface area contributed by atoms with Crippen LogP contribution in [0.4, 0.5) is 16.4 Å². The summed E-state index contributed by atoms with van der Waals surface area (Å²) in [4.78, 5) is 44.9. The number of carbonyl (C=O) groups is 3. The summed E-state index contributed by atoms with van der Waals surface area (Å²) in [6, 6.07) is 17.2. The van der Waals surface area contributed by atoms with Crippen LogP contribution in [-0.4, -0.2) is 34.9 Å². The summed E-state index contributed by atoms with van der Waals surface area (Å²) >= 11 is 3.41. The van der Waals surface area contributed by atoms with E-state index in [1.807, 2.05) is 25.1 Å². The molecule has 0 spiro atoms. The van der Waals surface area contributed by atoms with E-state index in [0.717, 1.165) is 10.0 Å². The first-order chi connectivity index (χ1) is 15.9. The predicted molar refractivity (Wildman–Crippen MR) is 129 cm³/mol. The number of rotatable bonds is 5. The highest BCUT2D eigenvalue weighted by Crippen LogP contribution is 2.24. The highest BCUT2D eigenvalue weighted by atomic mass is 79.9.